The number of non-ortho nitro benzene ring substituents is 1. The minimum atomic E-state index is -0.418. The lowest BCUT2D eigenvalue weighted by atomic mass is 10.1. The monoisotopic (exact) mass is 203 g/mol. The van der Waals surface area contributed by atoms with Gasteiger partial charge in [-0.05, 0) is 30.7 Å². The number of benzene rings is 1. The van der Waals surface area contributed by atoms with Crippen molar-refractivity contribution in [1.82, 2.24) is 0 Å². The highest BCUT2D eigenvalue weighted by Gasteiger charge is 2.08. The first kappa shape index (κ1) is 9.45. The fourth-order valence-corrected chi connectivity index (χ4v) is 1.40. The van der Waals surface area contributed by atoms with E-state index in [-0.39, 0.29) is 5.69 Å². The van der Waals surface area contributed by atoms with E-state index < -0.39 is 4.92 Å². The average Bonchev–Trinajstić information content (AvgIpc) is 2.65. The topological polar surface area (TPSA) is 56.3 Å². The molecule has 0 bridgehead atoms. The van der Waals surface area contributed by atoms with Crippen molar-refractivity contribution >= 4 is 5.69 Å². The van der Waals surface area contributed by atoms with E-state index in [2.05, 4.69) is 0 Å². The van der Waals surface area contributed by atoms with Gasteiger partial charge in [-0.25, -0.2) is 0 Å². The highest BCUT2D eigenvalue weighted by molar-refractivity contribution is 5.62. The molecule has 76 valence electrons. The summed E-state index contributed by atoms with van der Waals surface area (Å²) in [6.45, 7) is 1.93. The lowest BCUT2D eigenvalue weighted by Crippen LogP contribution is -1.87. The van der Waals surface area contributed by atoms with Crippen LogP contribution in [-0.4, -0.2) is 4.92 Å². The number of aryl methyl sites for hydroxylation is 1. The summed E-state index contributed by atoms with van der Waals surface area (Å²) in [4.78, 5) is 10.0. The Balaban J connectivity index is 2.40. The van der Waals surface area contributed by atoms with Gasteiger partial charge in [0.25, 0.3) is 5.69 Å². The summed E-state index contributed by atoms with van der Waals surface area (Å²) in [6.07, 6.45) is 1.60. The van der Waals surface area contributed by atoms with Gasteiger partial charge in [-0.15, -0.1) is 0 Å². The maximum atomic E-state index is 10.4. The third-order valence-corrected chi connectivity index (χ3v) is 2.20. The Morgan fingerprint density at radius 2 is 1.87 bits per heavy atom. The van der Waals surface area contributed by atoms with Crippen LogP contribution in [-0.2, 0) is 0 Å². The van der Waals surface area contributed by atoms with Gasteiger partial charge in [0.15, 0.2) is 0 Å². The summed E-state index contributed by atoms with van der Waals surface area (Å²) in [7, 11) is 0. The first-order valence-electron chi connectivity index (χ1n) is 4.47. The molecule has 0 spiro atoms. The Morgan fingerprint density at radius 1 is 1.20 bits per heavy atom. The molecule has 1 aromatic heterocycles. The minimum absolute atomic E-state index is 0.0861. The van der Waals surface area contributed by atoms with E-state index in [9.17, 15) is 10.1 Å². The first-order chi connectivity index (χ1) is 7.18. The van der Waals surface area contributed by atoms with Gasteiger partial charge in [-0.3, -0.25) is 10.1 Å². The molecule has 0 fully saturated rings. The molecule has 0 unspecified atom stereocenters. The van der Waals surface area contributed by atoms with Gasteiger partial charge < -0.3 is 4.42 Å². The van der Waals surface area contributed by atoms with Crippen molar-refractivity contribution < 1.29 is 9.34 Å². The Hall–Kier alpha value is -2.10. The number of rotatable bonds is 2. The summed E-state index contributed by atoms with van der Waals surface area (Å²) >= 11 is 0. The van der Waals surface area contributed by atoms with Crippen LogP contribution in [0.15, 0.2) is 41.0 Å². The van der Waals surface area contributed by atoms with E-state index in [1.807, 2.05) is 13.0 Å². The van der Waals surface area contributed by atoms with E-state index in [4.69, 9.17) is 4.42 Å². The van der Waals surface area contributed by atoms with E-state index in [1.165, 1.54) is 12.1 Å². The van der Waals surface area contributed by atoms with Crippen molar-refractivity contribution in [3.05, 3.63) is 52.3 Å². The van der Waals surface area contributed by atoms with Crippen LogP contribution in [0, 0.1) is 17.0 Å². The van der Waals surface area contributed by atoms with E-state index in [0.717, 1.165) is 16.9 Å². The molecule has 2 aromatic rings. The lowest BCUT2D eigenvalue weighted by Gasteiger charge is -1.98. The lowest BCUT2D eigenvalue weighted by molar-refractivity contribution is -0.384. The van der Waals surface area contributed by atoms with Gasteiger partial charge >= 0.3 is 0 Å². The average molecular weight is 203 g/mol. The fourth-order valence-electron chi connectivity index (χ4n) is 1.40. The van der Waals surface area contributed by atoms with Crippen LogP contribution >= 0.6 is 0 Å². The zero-order valence-corrected chi connectivity index (χ0v) is 8.14. The molecule has 1 aromatic carbocycles. The number of nitrogens with zero attached hydrogens (tertiary/aromatic N) is 1. The Labute approximate surface area is 86.3 Å². The molecule has 4 heteroatoms. The van der Waals surface area contributed by atoms with Crippen LogP contribution in [0.1, 0.15) is 5.56 Å². The predicted octanol–water partition coefficient (Wildman–Crippen LogP) is 3.16. The van der Waals surface area contributed by atoms with Gasteiger partial charge in [0.1, 0.15) is 5.76 Å². The summed E-state index contributed by atoms with van der Waals surface area (Å²) < 4.78 is 5.28. The molecule has 0 aliphatic carbocycles. The first-order valence-corrected chi connectivity index (χ1v) is 4.47. The molecule has 15 heavy (non-hydrogen) atoms. The van der Waals surface area contributed by atoms with Gasteiger partial charge in [0, 0.05) is 17.7 Å². The molecule has 0 radical (unpaired) electrons. The van der Waals surface area contributed by atoms with Gasteiger partial charge in [0.05, 0.1) is 11.2 Å². The number of nitro groups is 1. The van der Waals surface area contributed by atoms with E-state index in [0.29, 0.717) is 0 Å². The van der Waals surface area contributed by atoms with Crippen LogP contribution in [0.25, 0.3) is 11.3 Å². The molecular formula is C11H9NO3. The Morgan fingerprint density at radius 3 is 2.33 bits per heavy atom. The molecule has 0 saturated heterocycles. The Kier molecular flexibility index (Phi) is 2.25. The molecule has 0 N–H and O–H groups in total. The number of nitro benzene ring substituents is 1. The molecule has 4 nitrogen and oxygen atoms in total. The second kappa shape index (κ2) is 3.57. The Bertz CT molecular complexity index is 485. The van der Waals surface area contributed by atoms with Crippen molar-refractivity contribution in [2.75, 3.05) is 0 Å². The largest absolute Gasteiger partial charge is 0.464 e. The maximum Gasteiger partial charge on any atom is 0.269 e. The van der Waals surface area contributed by atoms with Crippen LogP contribution in [0.5, 0.6) is 0 Å². The van der Waals surface area contributed by atoms with E-state index >= 15 is 0 Å². The highest BCUT2D eigenvalue weighted by atomic mass is 16.6. The molecule has 0 saturated carbocycles. The maximum absolute atomic E-state index is 10.4. The van der Waals surface area contributed by atoms with Gasteiger partial charge in [-0.1, -0.05) is 0 Å². The summed E-state index contributed by atoms with van der Waals surface area (Å²) in [5, 5.41) is 10.4. The van der Waals surface area contributed by atoms with Crippen molar-refractivity contribution in [1.29, 1.82) is 0 Å². The number of furan rings is 1. The smallest absolute Gasteiger partial charge is 0.269 e. The number of hydrogen-bond donors (Lipinski definition) is 0. The van der Waals surface area contributed by atoms with E-state index in [1.54, 1.807) is 18.4 Å². The molecule has 0 aliphatic heterocycles. The van der Waals surface area contributed by atoms with Crippen molar-refractivity contribution in [2.45, 2.75) is 6.92 Å². The minimum Gasteiger partial charge on any atom is -0.464 e. The number of hydrogen-bond acceptors (Lipinski definition) is 3. The summed E-state index contributed by atoms with van der Waals surface area (Å²) in [6, 6.07) is 8.17. The molecular weight excluding hydrogens is 194 g/mol. The second-order valence-electron chi connectivity index (χ2n) is 3.24. The highest BCUT2D eigenvalue weighted by Crippen LogP contribution is 2.25. The van der Waals surface area contributed by atoms with Gasteiger partial charge in [0.2, 0.25) is 0 Å². The SMILES string of the molecule is Cc1ccoc1-c1ccc([N+](=O)[O-])cc1. The van der Waals surface area contributed by atoms with Crippen LogP contribution in [0.4, 0.5) is 5.69 Å². The third-order valence-electron chi connectivity index (χ3n) is 2.20. The third kappa shape index (κ3) is 1.74. The van der Waals surface area contributed by atoms with Crippen molar-refractivity contribution in [3.8, 4) is 11.3 Å². The molecule has 0 aliphatic rings. The van der Waals surface area contributed by atoms with Crippen molar-refractivity contribution in [3.63, 3.8) is 0 Å². The van der Waals surface area contributed by atoms with Crippen LogP contribution in [0.2, 0.25) is 0 Å². The predicted molar refractivity (Wildman–Crippen MR) is 55.5 cm³/mol. The summed E-state index contributed by atoms with van der Waals surface area (Å²) in [5.74, 6) is 0.755. The molecule has 2 rings (SSSR count). The quantitative estimate of drug-likeness (QED) is 0.556. The van der Waals surface area contributed by atoms with Gasteiger partial charge in [-0.2, -0.15) is 0 Å². The molecule has 0 atom stereocenters. The standard InChI is InChI=1S/C11H9NO3/c1-8-6-7-15-11(8)9-2-4-10(5-3-9)12(13)14/h2-7H,1H3. The zero-order chi connectivity index (χ0) is 10.8. The van der Waals surface area contributed by atoms with Crippen LogP contribution in [0.3, 0.4) is 0 Å². The normalized spacial score (nSPS) is 10.2. The second-order valence-corrected chi connectivity index (χ2v) is 3.24. The summed E-state index contributed by atoms with van der Waals surface area (Å²) in [5.41, 5.74) is 1.95. The fraction of sp³-hybridized carbons (Fsp3) is 0.0909. The zero-order valence-electron chi connectivity index (χ0n) is 8.14. The molecule has 0 amide bonds. The molecule has 1 heterocycles. The van der Waals surface area contributed by atoms with Crippen LogP contribution < -0.4 is 0 Å². The van der Waals surface area contributed by atoms with Crippen molar-refractivity contribution in [2.24, 2.45) is 0 Å².